The summed E-state index contributed by atoms with van der Waals surface area (Å²) in [5.41, 5.74) is -0.699. The first kappa shape index (κ1) is 33.6. The predicted molar refractivity (Wildman–Crippen MR) is 154 cm³/mol. The van der Waals surface area contributed by atoms with Crippen LogP contribution in [-0.2, 0) is 6.18 Å². The van der Waals surface area contributed by atoms with Gasteiger partial charge in [-0.2, -0.15) is 13.2 Å². The fraction of sp³-hybridized carbons (Fsp3) is 0.655. The number of anilines is 2. The van der Waals surface area contributed by atoms with Crippen LogP contribution in [0.25, 0.3) is 0 Å². The molecule has 2 aliphatic rings. The molecule has 0 radical (unpaired) electrons. The van der Waals surface area contributed by atoms with Crippen molar-refractivity contribution in [2.45, 2.75) is 79.7 Å². The fourth-order valence-corrected chi connectivity index (χ4v) is 4.49. The van der Waals surface area contributed by atoms with E-state index in [4.69, 9.17) is 0 Å². The van der Waals surface area contributed by atoms with Gasteiger partial charge in [0.1, 0.15) is 11.6 Å². The van der Waals surface area contributed by atoms with Crippen LogP contribution in [0.3, 0.4) is 0 Å². The Morgan fingerprint density at radius 1 is 0.789 bits per heavy atom. The molecule has 216 valence electrons. The highest BCUT2D eigenvalue weighted by atomic mass is 19.4. The van der Waals surface area contributed by atoms with Crippen LogP contribution < -0.4 is 9.80 Å². The number of rotatable bonds is 3. The molecule has 0 aliphatic carbocycles. The molecule has 2 aliphatic heterocycles. The lowest BCUT2D eigenvalue weighted by molar-refractivity contribution is -0.137. The maximum absolute atomic E-state index is 12.5. The standard InChI is InChI=1S/C14H20F3N3.C11H17N3.2C2H6/c1-10(2)20-7-6-19(9-11(20)3)13-5-4-12(8-18-13)14(15,16)17;1-10-9-14(8-7-13(10)2)11-5-3-4-6-12-11;2*1-2/h4-5,8,10-11H,6-7,9H2,1-3H3;3-6,10H,7-9H2,1-2H3;2*1-2H3. The van der Waals surface area contributed by atoms with Gasteiger partial charge in [-0.3, -0.25) is 4.90 Å². The molecule has 0 N–H and O–H groups in total. The molecule has 9 heteroatoms. The van der Waals surface area contributed by atoms with E-state index in [0.717, 1.165) is 57.3 Å². The number of likely N-dealkylation sites (N-methyl/N-ethyl adjacent to an activating group) is 1. The molecule has 2 atom stereocenters. The van der Waals surface area contributed by atoms with E-state index in [0.29, 0.717) is 23.9 Å². The smallest absolute Gasteiger partial charge is 0.354 e. The third-order valence-corrected chi connectivity index (χ3v) is 6.67. The van der Waals surface area contributed by atoms with Crippen molar-refractivity contribution in [3.63, 3.8) is 0 Å². The maximum Gasteiger partial charge on any atom is 0.417 e. The Hall–Kier alpha value is -2.39. The molecule has 0 aromatic carbocycles. The Labute approximate surface area is 228 Å². The van der Waals surface area contributed by atoms with E-state index < -0.39 is 11.7 Å². The number of halogens is 3. The van der Waals surface area contributed by atoms with Crippen LogP contribution >= 0.6 is 0 Å². The summed E-state index contributed by atoms with van der Waals surface area (Å²) in [5.74, 6) is 1.72. The number of piperazine rings is 2. The van der Waals surface area contributed by atoms with Gasteiger partial charge in [0, 0.05) is 69.8 Å². The normalized spacial score (nSPS) is 20.4. The maximum atomic E-state index is 12.5. The highest BCUT2D eigenvalue weighted by molar-refractivity contribution is 5.41. The molecule has 2 unspecified atom stereocenters. The first-order valence-corrected chi connectivity index (χ1v) is 14.0. The molecule has 0 spiro atoms. The summed E-state index contributed by atoms with van der Waals surface area (Å²) in [4.78, 5) is 17.5. The Bertz CT molecular complexity index is 876. The lowest BCUT2D eigenvalue weighted by atomic mass is 10.1. The van der Waals surface area contributed by atoms with Crippen LogP contribution in [0.5, 0.6) is 0 Å². The fourth-order valence-electron chi connectivity index (χ4n) is 4.49. The van der Waals surface area contributed by atoms with E-state index in [1.165, 1.54) is 6.07 Å². The summed E-state index contributed by atoms with van der Waals surface area (Å²) in [7, 11) is 2.18. The molecule has 4 rings (SSSR count). The molecule has 4 heterocycles. The van der Waals surface area contributed by atoms with Gasteiger partial charge >= 0.3 is 6.18 Å². The van der Waals surface area contributed by atoms with Crippen molar-refractivity contribution in [3.8, 4) is 0 Å². The highest BCUT2D eigenvalue weighted by Gasteiger charge is 2.31. The molecule has 2 aromatic heterocycles. The van der Waals surface area contributed by atoms with E-state index >= 15 is 0 Å². The van der Waals surface area contributed by atoms with Crippen molar-refractivity contribution < 1.29 is 13.2 Å². The van der Waals surface area contributed by atoms with Crippen molar-refractivity contribution >= 4 is 11.6 Å². The van der Waals surface area contributed by atoms with Gasteiger partial charge in [-0.1, -0.05) is 33.8 Å². The third kappa shape index (κ3) is 10.1. The number of aromatic nitrogens is 2. The summed E-state index contributed by atoms with van der Waals surface area (Å²) in [6, 6.07) is 10.1. The van der Waals surface area contributed by atoms with Gasteiger partial charge in [-0.05, 0) is 59.0 Å². The Balaban J connectivity index is 0.000000351. The average molecular weight is 539 g/mol. The van der Waals surface area contributed by atoms with Crippen molar-refractivity contribution in [1.29, 1.82) is 0 Å². The van der Waals surface area contributed by atoms with Crippen molar-refractivity contribution in [2.75, 3.05) is 56.1 Å². The zero-order valence-electron chi connectivity index (χ0n) is 24.8. The summed E-state index contributed by atoms with van der Waals surface area (Å²) in [6.45, 7) is 22.5. The Morgan fingerprint density at radius 3 is 1.82 bits per heavy atom. The van der Waals surface area contributed by atoms with Crippen molar-refractivity contribution in [1.82, 2.24) is 19.8 Å². The van der Waals surface area contributed by atoms with Gasteiger partial charge < -0.3 is 14.7 Å². The minimum absolute atomic E-state index is 0.368. The van der Waals surface area contributed by atoms with Gasteiger partial charge in [0.15, 0.2) is 0 Å². The number of hydrogen-bond donors (Lipinski definition) is 0. The molecule has 2 fully saturated rings. The second kappa shape index (κ2) is 16.5. The second-order valence-electron chi connectivity index (χ2n) is 9.49. The molecule has 0 saturated carbocycles. The average Bonchev–Trinajstić information content (AvgIpc) is 2.93. The number of nitrogens with zero attached hydrogens (tertiary/aromatic N) is 6. The first-order valence-electron chi connectivity index (χ1n) is 14.0. The Morgan fingerprint density at radius 2 is 1.37 bits per heavy atom. The van der Waals surface area contributed by atoms with Gasteiger partial charge in [0.05, 0.1) is 5.56 Å². The number of hydrogen-bond acceptors (Lipinski definition) is 6. The van der Waals surface area contributed by atoms with Crippen LogP contribution in [0.2, 0.25) is 0 Å². The minimum atomic E-state index is -4.32. The van der Waals surface area contributed by atoms with E-state index in [1.54, 1.807) is 0 Å². The molecule has 2 saturated heterocycles. The van der Waals surface area contributed by atoms with Gasteiger partial charge in [0.25, 0.3) is 0 Å². The Kier molecular flexibility index (Phi) is 14.6. The predicted octanol–water partition coefficient (Wildman–Crippen LogP) is 6.29. The third-order valence-electron chi connectivity index (χ3n) is 6.67. The van der Waals surface area contributed by atoms with Crippen LogP contribution in [0.4, 0.5) is 24.8 Å². The zero-order valence-corrected chi connectivity index (χ0v) is 24.8. The van der Waals surface area contributed by atoms with E-state index in [2.05, 4.69) is 65.5 Å². The second-order valence-corrected chi connectivity index (χ2v) is 9.49. The van der Waals surface area contributed by atoms with Crippen LogP contribution in [0, 0.1) is 0 Å². The number of alkyl halides is 3. The van der Waals surface area contributed by atoms with E-state index in [9.17, 15) is 13.2 Å². The quantitative estimate of drug-likeness (QED) is 0.457. The summed E-state index contributed by atoms with van der Waals surface area (Å²) in [6.07, 6.45) is -1.55. The monoisotopic (exact) mass is 538 g/mol. The van der Waals surface area contributed by atoms with E-state index in [1.807, 2.05) is 50.9 Å². The van der Waals surface area contributed by atoms with E-state index in [-0.39, 0.29) is 0 Å². The van der Waals surface area contributed by atoms with Crippen LogP contribution in [0.1, 0.15) is 61.0 Å². The van der Waals surface area contributed by atoms with Crippen LogP contribution in [-0.4, -0.2) is 84.2 Å². The molecule has 2 aromatic rings. The highest BCUT2D eigenvalue weighted by Crippen LogP contribution is 2.29. The lowest BCUT2D eigenvalue weighted by Crippen LogP contribution is -2.54. The molecule has 38 heavy (non-hydrogen) atoms. The zero-order chi connectivity index (χ0) is 28.9. The van der Waals surface area contributed by atoms with Gasteiger partial charge in [-0.15, -0.1) is 0 Å². The topological polar surface area (TPSA) is 38.7 Å². The summed E-state index contributed by atoms with van der Waals surface area (Å²) >= 11 is 0. The van der Waals surface area contributed by atoms with Crippen molar-refractivity contribution in [2.24, 2.45) is 0 Å². The minimum Gasteiger partial charge on any atom is -0.354 e. The lowest BCUT2D eigenvalue weighted by Gasteiger charge is -2.42. The largest absolute Gasteiger partial charge is 0.417 e. The molecular formula is C29H49F3N6. The first-order chi connectivity index (χ1) is 18.1. The molecule has 0 amide bonds. The van der Waals surface area contributed by atoms with Gasteiger partial charge in [0.2, 0.25) is 0 Å². The van der Waals surface area contributed by atoms with Crippen molar-refractivity contribution in [3.05, 3.63) is 48.3 Å². The van der Waals surface area contributed by atoms with Crippen LogP contribution in [0.15, 0.2) is 42.7 Å². The molecule has 0 bridgehead atoms. The molecule has 6 nitrogen and oxygen atoms in total. The number of pyridine rings is 2. The summed E-state index contributed by atoms with van der Waals surface area (Å²) in [5, 5.41) is 0. The summed E-state index contributed by atoms with van der Waals surface area (Å²) < 4.78 is 37.5. The SMILES string of the molecule is CC.CC.CC(C)N1CCN(c2ccc(C(F)(F)F)cn2)CC1C.CC1CN(c2ccccn2)CCN1C. The molecular weight excluding hydrogens is 489 g/mol. The van der Waals surface area contributed by atoms with Gasteiger partial charge in [-0.25, -0.2) is 9.97 Å².